The van der Waals surface area contributed by atoms with Gasteiger partial charge in [-0.1, -0.05) is 268 Å². The van der Waals surface area contributed by atoms with Crippen LogP contribution in [0.1, 0.15) is 310 Å². The van der Waals surface area contributed by atoms with E-state index in [-0.39, 0.29) is 31.1 Å². The van der Waals surface area contributed by atoms with Gasteiger partial charge in [-0.25, -0.2) is 0 Å². The number of unbranched alkanes of at least 4 members (excludes halogenated alkanes) is 34. The summed E-state index contributed by atoms with van der Waals surface area (Å²) in [4.78, 5) is 38.2. The average molecular weight is 980 g/mol. The van der Waals surface area contributed by atoms with Crippen LogP contribution in [-0.4, -0.2) is 37.2 Å². The minimum atomic E-state index is -0.781. The second-order valence-electron chi connectivity index (χ2n) is 20.2. The van der Waals surface area contributed by atoms with Crippen molar-refractivity contribution in [3.8, 4) is 0 Å². The molecule has 0 aliphatic carbocycles. The van der Waals surface area contributed by atoms with E-state index in [2.05, 4.69) is 81.5 Å². The third kappa shape index (κ3) is 56.0. The highest BCUT2D eigenvalue weighted by molar-refractivity contribution is 5.71. The van der Waals surface area contributed by atoms with Gasteiger partial charge in [-0.2, -0.15) is 0 Å². The van der Waals surface area contributed by atoms with Gasteiger partial charge in [0.1, 0.15) is 13.2 Å². The summed E-state index contributed by atoms with van der Waals surface area (Å²) in [7, 11) is 0. The lowest BCUT2D eigenvalue weighted by molar-refractivity contribution is -0.167. The lowest BCUT2D eigenvalue weighted by Crippen LogP contribution is -2.30. The Kier molecular flexibility index (Phi) is 56.3. The highest BCUT2D eigenvalue weighted by Gasteiger charge is 2.19. The van der Waals surface area contributed by atoms with Crippen LogP contribution >= 0.6 is 0 Å². The van der Waals surface area contributed by atoms with Crippen LogP contribution in [0.3, 0.4) is 0 Å². The Labute approximate surface area is 434 Å². The van der Waals surface area contributed by atoms with Gasteiger partial charge in [0.25, 0.3) is 0 Å². The Morgan fingerprint density at radius 1 is 0.300 bits per heavy atom. The maximum Gasteiger partial charge on any atom is 0.306 e. The zero-order chi connectivity index (χ0) is 50.7. The first-order valence-electron chi connectivity index (χ1n) is 30.3. The molecule has 1 atom stereocenters. The molecule has 0 aromatic heterocycles. The average Bonchev–Trinajstić information content (AvgIpc) is 3.36. The van der Waals surface area contributed by atoms with E-state index in [0.717, 1.165) is 89.9 Å². The standard InChI is InChI=1S/C64H114O6/c1-4-7-10-13-16-19-22-25-28-31-32-34-36-39-42-45-48-51-54-57-63(66)69-60-61(59-68-62(65)56-53-50-47-44-41-38-35-30-27-24-21-18-15-12-9-6-3)70-64(67)58-55-52-49-46-43-40-37-33-29-26-23-20-17-14-11-8-5-2/h7,10,16,19,25-26,28-29,32,34,61H,4-6,8-9,11-15,17-18,20-24,27,30-31,33,35-60H2,1-3H3/b10-7-,19-16-,28-25-,29-26-,34-32-. The van der Waals surface area contributed by atoms with E-state index in [1.54, 1.807) is 0 Å². The molecule has 406 valence electrons. The zero-order valence-corrected chi connectivity index (χ0v) is 46.5. The molecule has 0 saturated heterocycles. The monoisotopic (exact) mass is 979 g/mol. The predicted octanol–water partition coefficient (Wildman–Crippen LogP) is 20.4. The van der Waals surface area contributed by atoms with Gasteiger partial charge >= 0.3 is 17.9 Å². The molecule has 6 heteroatoms. The first-order valence-corrected chi connectivity index (χ1v) is 30.3. The molecule has 0 amide bonds. The number of esters is 3. The van der Waals surface area contributed by atoms with Crippen LogP contribution in [0.25, 0.3) is 0 Å². The van der Waals surface area contributed by atoms with Crippen LogP contribution in [-0.2, 0) is 28.6 Å². The van der Waals surface area contributed by atoms with Crippen LogP contribution in [0, 0.1) is 0 Å². The van der Waals surface area contributed by atoms with Crippen LogP contribution in [0.4, 0.5) is 0 Å². The largest absolute Gasteiger partial charge is 0.462 e. The number of carbonyl (C=O) groups excluding carboxylic acids is 3. The van der Waals surface area contributed by atoms with E-state index in [4.69, 9.17) is 14.2 Å². The molecule has 0 aliphatic rings. The lowest BCUT2D eigenvalue weighted by atomic mass is 10.0. The first kappa shape index (κ1) is 67.1. The van der Waals surface area contributed by atoms with Gasteiger partial charge in [-0.05, 0) is 83.5 Å². The fraction of sp³-hybridized carbons (Fsp3) is 0.797. The number of allylic oxidation sites excluding steroid dienone is 10. The summed E-state index contributed by atoms with van der Waals surface area (Å²) in [6.45, 7) is 6.55. The molecule has 0 aromatic rings. The molecular formula is C64H114O6. The van der Waals surface area contributed by atoms with Gasteiger partial charge in [0.2, 0.25) is 0 Å². The third-order valence-electron chi connectivity index (χ3n) is 13.3. The predicted molar refractivity (Wildman–Crippen MR) is 302 cm³/mol. The van der Waals surface area contributed by atoms with Crippen molar-refractivity contribution in [2.75, 3.05) is 13.2 Å². The van der Waals surface area contributed by atoms with E-state index in [1.165, 1.54) is 180 Å². The first-order chi connectivity index (χ1) is 34.5. The summed E-state index contributed by atoms with van der Waals surface area (Å²) in [5, 5.41) is 0. The Balaban J connectivity index is 4.38. The van der Waals surface area contributed by atoms with Gasteiger partial charge in [0.05, 0.1) is 0 Å². The van der Waals surface area contributed by atoms with E-state index < -0.39 is 6.10 Å². The van der Waals surface area contributed by atoms with Gasteiger partial charge in [-0.15, -0.1) is 0 Å². The Bertz CT molecular complexity index is 1260. The van der Waals surface area contributed by atoms with E-state index in [9.17, 15) is 14.4 Å². The SMILES string of the molecule is CC/C=C\C/C=C\C/C=C\C/C=C\CCCCCCCCC(=O)OCC(COC(=O)CCCCCCCCCCCCCCCCCC)OC(=O)CCCCCCCCC/C=C\CCCCCCCC. The van der Waals surface area contributed by atoms with Crippen molar-refractivity contribution in [1.29, 1.82) is 0 Å². The Morgan fingerprint density at radius 2 is 0.557 bits per heavy atom. The van der Waals surface area contributed by atoms with Crippen molar-refractivity contribution in [3.05, 3.63) is 60.8 Å². The highest BCUT2D eigenvalue weighted by Crippen LogP contribution is 2.16. The smallest absolute Gasteiger partial charge is 0.306 e. The molecule has 0 rings (SSSR count). The molecule has 0 saturated carbocycles. The third-order valence-corrected chi connectivity index (χ3v) is 13.3. The normalized spacial score (nSPS) is 12.4. The summed E-state index contributed by atoms with van der Waals surface area (Å²) in [5.41, 5.74) is 0. The number of hydrogen-bond acceptors (Lipinski definition) is 6. The summed E-state index contributed by atoms with van der Waals surface area (Å²) in [6.07, 6.45) is 73.5. The maximum absolute atomic E-state index is 12.9. The lowest BCUT2D eigenvalue weighted by Gasteiger charge is -2.18. The van der Waals surface area contributed by atoms with Gasteiger partial charge in [0.15, 0.2) is 6.10 Å². The number of rotatable bonds is 55. The Morgan fingerprint density at radius 3 is 0.886 bits per heavy atom. The molecule has 0 radical (unpaired) electrons. The molecule has 0 heterocycles. The van der Waals surface area contributed by atoms with Crippen molar-refractivity contribution in [3.63, 3.8) is 0 Å². The second kappa shape index (κ2) is 58.7. The minimum Gasteiger partial charge on any atom is -0.462 e. The van der Waals surface area contributed by atoms with Crippen molar-refractivity contribution in [2.24, 2.45) is 0 Å². The minimum absolute atomic E-state index is 0.0775. The quantitative estimate of drug-likeness (QED) is 0.0261. The molecule has 6 nitrogen and oxygen atoms in total. The molecule has 1 unspecified atom stereocenters. The van der Waals surface area contributed by atoms with Crippen LogP contribution in [0.5, 0.6) is 0 Å². The molecule has 0 spiro atoms. The van der Waals surface area contributed by atoms with E-state index in [1.807, 2.05) is 0 Å². The Hall–Kier alpha value is -2.89. The van der Waals surface area contributed by atoms with Crippen molar-refractivity contribution >= 4 is 17.9 Å². The fourth-order valence-corrected chi connectivity index (χ4v) is 8.72. The number of hydrogen-bond donors (Lipinski definition) is 0. The van der Waals surface area contributed by atoms with Gasteiger partial charge in [0, 0.05) is 19.3 Å². The van der Waals surface area contributed by atoms with Crippen molar-refractivity contribution < 1.29 is 28.6 Å². The van der Waals surface area contributed by atoms with Gasteiger partial charge in [-0.3, -0.25) is 14.4 Å². The zero-order valence-electron chi connectivity index (χ0n) is 46.5. The summed E-state index contributed by atoms with van der Waals surface area (Å²) in [6, 6.07) is 0. The fourth-order valence-electron chi connectivity index (χ4n) is 8.72. The molecular weight excluding hydrogens is 865 g/mol. The molecule has 0 N–H and O–H groups in total. The molecule has 0 aliphatic heterocycles. The van der Waals surface area contributed by atoms with E-state index >= 15 is 0 Å². The number of ether oxygens (including phenoxy) is 3. The topological polar surface area (TPSA) is 78.9 Å². The van der Waals surface area contributed by atoms with Crippen molar-refractivity contribution in [2.45, 2.75) is 316 Å². The second-order valence-corrected chi connectivity index (χ2v) is 20.2. The van der Waals surface area contributed by atoms with Gasteiger partial charge < -0.3 is 14.2 Å². The summed E-state index contributed by atoms with van der Waals surface area (Å²) in [5.74, 6) is -0.880. The number of carbonyl (C=O) groups is 3. The van der Waals surface area contributed by atoms with Crippen LogP contribution in [0.2, 0.25) is 0 Å². The molecule has 0 bridgehead atoms. The molecule has 0 fully saturated rings. The molecule has 0 aromatic carbocycles. The van der Waals surface area contributed by atoms with Crippen LogP contribution < -0.4 is 0 Å². The summed E-state index contributed by atoms with van der Waals surface area (Å²) < 4.78 is 16.9. The molecule has 70 heavy (non-hydrogen) atoms. The van der Waals surface area contributed by atoms with Crippen molar-refractivity contribution in [1.82, 2.24) is 0 Å². The van der Waals surface area contributed by atoms with E-state index in [0.29, 0.717) is 19.3 Å². The highest BCUT2D eigenvalue weighted by atomic mass is 16.6. The summed E-state index contributed by atoms with van der Waals surface area (Å²) >= 11 is 0. The van der Waals surface area contributed by atoms with Crippen LogP contribution in [0.15, 0.2) is 60.8 Å². The maximum atomic E-state index is 12.9.